The molecule has 136 valence electrons. The van der Waals surface area contributed by atoms with Crippen molar-refractivity contribution in [1.29, 1.82) is 0 Å². The van der Waals surface area contributed by atoms with Gasteiger partial charge in [0.15, 0.2) is 0 Å². The van der Waals surface area contributed by atoms with Gasteiger partial charge in [-0.2, -0.15) is 0 Å². The first-order valence-electron chi connectivity index (χ1n) is 8.67. The number of thiophene rings is 1. The van der Waals surface area contributed by atoms with Gasteiger partial charge in [-0.25, -0.2) is 4.98 Å². The number of nitrogens with zero attached hydrogens (tertiary/aromatic N) is 2. The lowest BCUT2D eigenvalue weighted by molar-refractivity contribution is 0.0999. The quantitative estimate of drug-likeness (QED) is 0.502. The van der Waals surface area contributed by atoms with Crippen molar-refractivity contribution in [1.82, 2.24) is 9.55 Å². The Balaban J connectivity index is 1.71. The minimum Gasteiger partial charge on any atom is -0.366 e. The van der Waals surface area contributed by atoms with Gasteiger partial charge in [0, 0.05) is 17.6 Å². The molecule has 4 rings (SSSR count). The fourth-order valence-corrected chi connectivity index (χ4v) is 4.81. The molecule has 0 aliphatic carbocycles. The lowest BCUT2D eigenvalue weighted by atomic mass is 10.1. The van der Waals surface area contributed by atoms with Gasteiger partial charge in [-0.3, -0.25) is 4.79 Å². The van der Waals surface area contributed by atoms with E-state index >= 15 is 0 Å². The molecule has 1 amide bonds. The summed E-state index contributed by atoms with van der Waals surface area (Å²) in [6.45, 7) is 2.71. The van der Waals surface area contributed by atoms with Crippen LogP contribution in [0, 0.1) is 6.92 Å². The number of aromatic nitrogens is 2. The Morgan fingerprint density at radius 1 is 1.15 bits per heavy atom. The lowest BCUT2D eigenvalue weighted by Gasteiger charge is -2.11. The molecule has 0 bridgehead atoms. The summed E-state index contributed by atoms with van der Waals surface area (Å²) in [5.41, 5.74) is 10.1. The number of hydrogen-bond acceptors (Lipinski definition) is 4. The summed E-state index contributed by atoms with van der Waals surface area (Å²) >= 11 is 3.30. The summed E-state index contributed by atoms with van der Waals surface area (Å²) in [5, 5.41) is 5.09. The van der Waals surface area contributed by atoms with Crippen LogP contribution in [0.2, 0.25) is 0 Å². The molecular weight excluding hydrogens is 374 g/mol. The van der Waals surface area contributed by atoms with Crippen LogP contribution < -0.4 is 5.73 Å². The number of nitrogens with two attached hydrogens (primary N) is 1. The third-order valence-electron chi connectivity index (χ3n) is 4.60. The average Bonchev–Trinajstić information content (AvgIpc) is 3.40. The van der Waals surface area contributed by atoms with Crippen molar-refractivity contribution >= 4 is 28.6 Å². The number of aryl methyl sites for hydroxylation is 1. The Kier molecular flexibility index (Phi) is 4.92. The van der Waals surface area contributed by atoms with Crippen molar-refractivity contribution in [2.75, 3.05) is 0 Å². The monoisotopic (exact) mass is 393 g/mol. The molecule has 0 aliphatic heterocycles. The van der Waals surface area contributed by atoms with E-state index in [1.54, 1.807) is 22.7 Å². The van der Waals surface area contributed by atoms with E-state index in [2.05, 4.69) is 22.8 Å². The summed E-state index contributed by atoms with van der Waals surface area (Å²) in [4.78, 5) is 17.8. The molecule has 0 saturated carbocycles. The van der Waals surface area contributed by atoms with E-state index in [9.17, 15) is 4.79 Å². The molecule has 0 atom stereocenters. The smallest absolute Gasteiger partial charge is 0.250 e. The van der Waals surface area contributed by atoms with Crippen molar-refractivity contribution in [3.63, 3.8) is 0 Å². The Morgan fingerprint density at radius 3 is 2.67 bits per heavy atom. The van der Waals surface area contributed by atoms with E-state index in [0.29, 0.717) is 5.56 Å². The van der Waals surface area contributed by atoms with Crippen LogP contribution in [-0.2, 0) is 13.0 Å². The van der Waals surface area contributed by atoms with Crippen LogP contribution in [0.4, 0.5) is 0 Å². The van der Waals surface area contributed by atoms with Gasteiger partial charge in [-0.05, 0) is 36.4 Å². The van der Waals surface area contributed by atoms with Gasteiger partial charge in [-0.15, -0.1) is 22.7 Å². The first-order valence-corrected chi connectivity index (χ1v) is 10.4. The number of rotatable bonds is 6. The number of amides is 1. The van der Waals surface area contributed by atoms with Gasteiger partial charge < -0.3 is 10.3 Å². The van der Waals surface area contributed by atoms with Gasteiger partial charge in [0.2, 0.25) is 0 Å². The summed E-state index contributed by atoms with van der Waals surface area (Å²) in [7, 11) is 0. The molecule has 0 radical (unpaired) electrons. The molecule has 27 heavy (non-hydrogen) atoms. The molecule has 6 heteroatoms. The highest BCUT2D eigenvalue weighted by atomic mass is 32.1. The van der Waals surface area contributed by atoms with E-state index < -0.39 is 5.91 Å². The minimum atomic E-state index is -0.402. The van der Waals surface area contributed by atoms with Crippen LogP contribution in [0.3, 0.4) is 0 Å². The molecule has 4 aromatic rings. The zero-order chi connectivity index (χ0) is 18.8. The Labute approximate surface area is 165 Å². The molecule has 3 aromatic heterocycles. The first-order chi connectivity index (χ1) is 13.1. The highest BCUT2D eigenvalue weighted by Crippen LogP contribution is 2.33. The van der Waals surface area contributed by atoms with E-state index in [1.165, 1.54) is 5.56 Å². The molecule has 0 aliphatic rings. The number of benzene rings is 1. The van der Waals surface area contributed by atoms with Crippen LogP contribution >= 0.6 is 22.7 Å². The molecule has 2 N–H and O–H groups in total. The molecule has 0 spiro atoms. The second kappa shape index (κ2) is 7.50. The third kappa shape index (κ3) is 3.59. The van der Waals surface area contributed by atoms with Crippen LogP contribution in [0.15, 0.2) is 59.3 Å². The van der Waals surface area contributed by atoms with Crippen molar-refractivity contribution in [3.8, 4) is 21.3 Å². The van der Waals surface area contributed by atoms with Crippen LogP contribution in [-0.4, -0.2) is 15.5 Å². The number of hydrogen-bond donors (Lipinski definition) is 1. The van der Waals surface area contributed by atoms with E-state index in [0.717, 1.165) is 39.9 Å². The first kappa shape index (κ1) is 17.7. The Hall–Kier alpha value is -2.70. The lowest BCUT2D eigenvalue weighted by Crippen LogP contribution is -2.13. The normalized spacial score (nSPS) is 11.0. The van der Waals surface area contributed by atoms with Gasteiger partial charge in [-0.1, -0.05) is 36.4 Å². The van der Waals surface area contributed by atoms with Gasteiger partial charge in [0.25, 0.3) is 5.91 Å². The standard InChI is InChI=1S/C21H19N3OS2/c1-14-16(20(22)25)12-18(24(14)10-9-15-6-3-2-4-7-15)17-13-27-21(23-17)19-8-5-11-26-19/h2-8,11-13H,9-10H2,1H3,(H2,22,25). The molecule has 0 unspecified atom stereocenters. The zero-order valence-corrected chi connectivity index (χ0v) is 16.5. The van der Waals surface area contributed by atoms with Crippen LogP contribution in [0.1, 0.15) is 21.6 Å². The van der Waals surface area contributed by atoms with E-state index in [-0.39, 0.29) is 0 Å². The Morgan fingerprint density at radius 2 is 1.96 bits per heavy atom. The number of carbonyl (C=O) groups is 1. The summed E-state index contributed by atoms with van der Waals surface area (Å²) in [6, 6.07) is 16.3. The fourth-order valence-electron chi connectivity index (χ4n) is 3.19. The second-order valence-electron chi connectivity index (χ2n) is 6.30. The van der Waals surface area contributed by atoms with Crippen LogP contribution in [0.25, 0.3) is 21.3 Å². The van der Waals surface area contributed by atoms with Gasteiger partial charge >= 0.3 is 0 Å². The number of thiazole rings is 1. The summed E-state index contributed by atoms with van der Waals surface area (Å²) in [6.07, 6.45) is 0.878. The largest absolute Gasteiger partial charge is 0.366 e. The SMILES string of the molecule is Cc1c(C(N)=O)cc(-c2csc(-c3cccs3)n2)n1CCc1ccccc1. The van der Waals surface area contributed by atoms with Gasteiger partial charge in [0.1, 0.15) is 5.01 Å². The third-order valence-corrected chi connectivity index (χ3v) is 6.48. The molecule has 3 heterocycles. The predicted octanol–water partition coefficient (Wildman–Crippen LogP) is 4.99. The topological polar surface area (TPSA) is 60.9 Å². The van der Waals surface area contributed by atoms with E-state index in [4.69, 9.17) is 10.7 Å². The predicted molar refractivity (Wildman–Crippen MR) is 112 cm³/mol. The molecule has 4 nitrogen and oxygen atoms in total. The average molecular weight is 394 g/mol. The zero-order valence-electron chi connectivity index (χ0n) is 14.9. The maximum atomic E-state index is 11.9. The molecular formula is C21H19N3OS2. The van der Waals surface area contributed by atoms with Crippen molar-refractivity contribution in [2.45, 2.75) is 19.9 Å². The number of carbonyl (C=O) groups excluding carboxylic acids is 1. The second-order valence-corrected chi connectivity index (χ2v) is 8.10. The van der Waals surface area contributed by atoms with Gasteiger partial charge in [0.05, 0.1) is 21.8 Å². The highest BCUT2D eigenvalue weighted by molar-refractivity contribution is 7.20. The molecule has 1 aromatic carbocycles. The maximum Gasteiger partial charge on any atom is 0.250 e. The van der Waals surface area contributed by atoms with Crippen molar-refractivity contribution < 1.29 is 4.79 Å². The van der Waals surface area contributed by atoms with Crippen molar-refractivity contribution in [2.24, 2.45) is 5.73 Å². The van der Waals surface area contributed by atoms with Crippen LogP contribution in [0.5, 0.6) is 0 Å². The fraction of sp³-hybridized carbons (Fsp3) is 0.143. The van der Waals surface area contributed by atoms with Crippen molar-refractivity contribution in [3.05, 3.63) is 76.1 Å². The molecule has 0 fully saturated rings. The maximum absolute atomic E-state index is 11.9. The Bertz CT molecular complexity index is 1060. The number of primary amides is 1. The minimum absolute atomic E-state index is 0.402. The van der Waals surface area contributed by atoms with E-state index in [1.807, 2.05) is 48.0 Å². The summed E-state index contributed by atoms with van der Waals surface area (Å²) in [5.74, 6) is -0.402. The highest BCUT2D eigenvalue weighted by Gasteiger charge is 2.19. The summed E-state index contributed by atoms with van der Waals surface area (Å²) < 4.78 is 2.15. The molecule has 0 saturated heterocycles.